The molecular formula is C6H7NO6S. The summed E-state index contributed by atoms with van der Waals surface area (Å²) in [6.07, 6.45) is -0.305. The summed E-state index contributed by atoms with van der Waals surface area (Å²) in [4.78, 5) is 32.5. The Bertz CT molecular complexity index is 397. The number of carbonyl (C=O) groups excluding carboxylic acids is 3. The summed E-state index contributed by atoms with van der Waals surface area (Å²) < 4.78 is 30.6. The Kier molecular flexibility index (Phi) is 2.79. The van der Waals surface area contributed by atoms with Crippen molar-refractivity contribution in [2.45, 2.75) is 18.9 Å². The molecule has 0 aliphatic heterocycles. The number of rotatable bonds is 2. The number of carbonyl (C=O) groups is 3. The first kappa shape index (κ1) is 11.0. The molecule has 0 spiro atoms. The molecule has 1 aliphatic carbocycles. The van der Waals surface area contributed by atoms with Crippen LogP contribution in [0.15, 0.2) is 0 Å². The first-order valence-electron chi connectivity index (χ1n) is 3.67. The van der Waals surface area contributed by atoms with Gasteiger partial charge in [-0.15, -0.1) is 0 Å². The van der Waals surface area contributed by atoms with Crippen LogP contribution < -0.4 is 4.72 Å². The van der Waals surface area contributed by atoms with Crippen molar-refractivity contribution < 1.29 is 27.4 Å². The van der Waals surface area contributed by atoms with Crippen molar-refractivity contribution in [1.29, 1.82) is 0 Å². The van der Waals surface area contributed by atoms with Gasteiger partial charge in [0.25, 0.3) is 5.78 Å². The van der Waals surface area contributed by atoms with Crippen molar-refractivity contribution in [1.82, 2.24) is 4.72 Å². The maximum absolute atomic E-state index is 11.0. The van der Waals surface area contributed by atoms with E-state index in [-0.39, 0.29) is 12.8 Å². The highest BCUT2D eigenvalue weighted by molar-refractivity contribution is 7.83. The van der Waals surface area contributed by atoms with Gasteiger partial charge in [0, 0.05) is 6.42 Å². The summed E-state index contributed by atoms with van der Waals surface area (Å²) in [6, 6.07) is -1.32. The third-order valence-electron chi connectivity index (χ3n) is 1.74. The maximum Gasteiger partial charge on any atom is 0.334 e. The summed E-state index contributed by atoms with van der Waals surface area (Å²) in [5, 5.41) is 0. The van der Waals surface area contributed by atoms with Crippen molar-refractivity contribution >= 4 is 27.7 Å². The van der Waals surface area contributed by atoms with E-state index in [9.17, 15) is 22.8 Å². The normalized spacial score (nSPS) is 24.1. The molecule has 0 aromatic carbocycles. The maximum atomic E-state index is 11.0. The SMILES string of the molecule is O=C1CCC(NS(=O)(=O)O)C(=O)C1=O. The predicted octanol–water partition coefficient (Wildman–Crippen LogP) is -1.75. The number of hydrogen-bond donors (Lipinski definition) is 2. The zero-order valence-corrected chi connectivity index (χ0v) is 7.70. The van der Waals surface area contributed by atoms with Crippen LogP contribution in [0.3, 0.4) is 0 Å². The summed E-state index contributed by atoms with van der Waals surface area (Å²) in [5.74, 6) is -3.18. The van der Waals surface area contributed by atoms with Crippen LogP contribution in [0.2, 0.25) is 0 Å². The number of ketones is 3. The first-order valence-corrected chi connectivity index (χ1v) is 5.11. The van der Waals surface area contributed by atoms with E-state index in [1.54, 1.807) is 4.72 Å². The minimum atomic E-state index is -4.53. The Balaban J connectivity index is 2.80. The van der Waals surface area contributed by atoms with Crippen LogP contribution in [0.25, 0.3) is 0 Å². The monoisotopic (exact) mass is 221 g/mol. The molecule has 0 aromatic rings. The molecule has 2 N–H and O–H groups in total. The Hall–Kier alpha value is -1.12. The minimum Gasteiger partial charge on any atom is -0.290 e. The summed E-state index contributed by atoms with van der Waals surface area (Å²) in [7, 11) is -4.53. The molecule has 1 saturated carbocycles. The first-order chi connectivity index (χ1) is 6.31. The van der Waals surface area contributed by atoms with Gasteiger partial charge in [0.2, 0.25) is 11.6 Å². The third kappa shape index (κ3) is 2.44. The Labute approximate surface area is 79.4 Å². The second kappa shape index (κ2) is 3.56. The van der Waals surface area contributed by atoms with Gasteiger partial charge in [0.15, 0.2) is 0 Å². The highest BCUT2D eigenvalue weighted by Gasteiger charge is 2.37. The zero-order chi connectivity index (χ0) is 10.9. The molecule has 0 radical (unpaired) electrons. The number of Topliss-reactive ketones (excluding diaryl/α,β-unsaturated/α-hetero) is 3. The number of nitrogens with one attached hydrogen (secondary N) is 1. The van der Waals surface area contributed by atoms with E-state index < -0.39 is 33.7 Å². The lowest BCUT2D eigenvalue weighted by Gasteiger charge is -2.17. The largest absolute Gasteiger partial charge is 0.334 e. The van der Waals surface area contributed by atoms with E-state index in [1.165, 1.54) is 0 Å². The van der Waals surface area contributed by atoms with Crippen molar-refractivity contribution in [2.24, 2.45) is 0 Å². The molecule has 1 unspecified atom stereocenters. The fraction of sp³-hybridized carbons (Fsp3) is 0.500. The summed E-state index contributed by atoms with van der Waals surface area (Å²) in [6.45, 7) is 0. The summed E-state index contributed by atoms with van der Waals surface area (Å²) in [5.41, 5.74) is 0. The molecule has 8 heteroatoms. The lowest BCUT2D eigenvalue weighted by Crippen LogP contribution is -2.49. The predicted molar refractivity (Wildman–Crippen MR) is 42.7 cm³/mol. The quantitative estimate of drug-likeness (QED) is 0.421. The fourth-order valence-corrected chi connectivity index (χ4v) is 1.69. The van der Waals surface area contributed by atoms with Crippen LogP contribution in [-0.2, 0) is 24.7 Å². The second-order valence-electron chi connectivity index (χ2n) is 2.80. The van der Waals surface area contributed by atoms with Crippen molar-refractivity contribution in [2.75, 3.05) is 0 Å². The molecule has 1 fully saturated rings. The lowest BCUT2D eigenvalue weighted by molar-refractivity contribution is -0.146. The van der Waals surface area contributed by atoms with Crippen LogP contribution in [0, 0.1) is 0 Å². The van der Waals surface area contributed by atoms with Gasteiger partial charge in [-0.25, -0.2) is 0 Å². The average Bonchev–Trinajstić information content (AvgIpc) is 2.04. The van der Waals surface area contributed by atoms with Gasteiger partial charge in [-0.2, -0.15) is 13.1 Å². The van der Waals surface area contributed by atoms with Crippen LogP contribution in [0.5, 0.6) is 0 Å². The van der Waals surface area contributed by atoms with E-state index in [1.807, 2.05) is 0 Å². The molecule has 78 valence electrons. The van der Waals surface area contributed by atoms with Crippen LogP contribution in [-0.4, -0.2) is 36.4 Å². The molecule has 1 atom stereocenters. The molecule has 0 bridgehead atoms. The highest BCUT2D eigenvalue weighted by atomic mass is 32.2. The van der Waals surface area contributed by atoms with Gasteiger partial charge in [-0.3, -0.25) is 18.9 Å². The molecule has 1 rings (SSSR count). The van der Waals surface area contributed by atoms with E-state index in [2.05, 4.69) is 0 Å². The van der Waals surface area contributed by atoms with E-state index in [4.69, 9.17) is 4.55 Å². The Morgan fingerprint density at radius 3 is 2.36 bits per heavy atom. The fourth-order valence-electron chi connectivity index (χ4n) is 1.11. The molecule has 0 amide bonds. The lowest BCUT2D eigenvalue weighted by atomic mass is 9.93. The summed E-state index contributed by atoms with van der Waals surface area (Å²) >= 11 is 0. The van der Waals surface area contributed by atoms with Crippen LogP contribution in [0.4, 0.5) is 0 Å². The molecule has 7 nitrogen and oxygen atoms in total. The molecule has 0 heterocycles. The average molecular weight is 221 g/mol. The topological polar surface area (TPSA) is 118 Å². The second-order valence-corrected chi connectivity index (χ2v) is 3.99. The van der Waals surface area contributed by atoms with Gasteiger partial charge in [0.05, 0.1) is 6.04 Å². The minimum absolute atomic E-state index is 0.108. The smallest absolute Gasteiger partial charge is 0.290 e. The highest BCUT2D eigenvalue weighted by Crippen LogP contribution is 2.09. The third-order valence-corrected chi connectivity index (χ3v) is 2.33. The zero-order valence-electron chi connectivity index (χ0n) is 6.89. The van der Waals surface area contributed by atoms with Crippen LogP contribution in [0.1, 0.15) is 12.8 Å². The Morgan fingerprint density at radius 2 is 1.86 bits per heavy atom. The van der Waals surface area contributed by atoms with Gasteiger partial charge in [0.1, 0.15) is 0 Å². The Morgan fingerprint density at radius 1 is 1.29 bits per heavy atom. The van der Waals surface area contributed by atoms with E-state index in [0.29, 0.717) is 0 Å². The van der Waals surface area contributed by atoms with Crippen molar-refractivity contribution in [3.05, 3.63) is 0 Å². The standard InChI is InChI=1S/C6H7NO6S/c8-4-2-1-3(5(9)6(4)10)7-14(11,12)13/h3,7H,1-2H2,(H,11,12,13). The number of hydrogen-bond acceptors (Lipinski definition) is 5. The van der Waals surface area contributed by atoms with Gasteiger partial charge >= 0.3 is 10.3 Å². The molecule has 0 aromatic heterocycles. The van der Waals surface area contributed by atoms with Crippen molar-refractivity contribution in [3.8, 4) is 0 Å². The molecule has 14 heavy (non-hydrogen) atoms. The van der Waals surface area contributed by atoms with Crippen LogP contribution >= 0.6 is 0 Å². The molecule has 0 saturated heterocycles. The van der Waals surface area contributed by atoms with E-state index in [0.717, 1.165) is 0 Å². The molecule has 1 aliphatic rings. The van der Waals surface area contributed by atoms with Crippen molar-refractivity contribution in [3.63, 3.8) is 0 Å². The van der Waals surface area contributed by atoms with Gasteiger partial charge in [-0.1, -0.05) is 0 Å². The molecular weight excluding hydrogens is 214 g/mol. The van der Waals surface area contributed by atoms with Gasteiger partial charge < -0.3 is 0 Å². The van der Waals surface area contributed by atoms with Gasteiger partial charge in [-0.05, 0) is 6.42 Å². The van der Waals surface area contributed by atoms with E-state index >= 15 is 0 Å².